The number of hydrogen-bond donors (Lipinski definition) is 1. The number of ether oxygens (including phenoxy) is 1. The minimum atomic E-state index is 0.570. The second-order valence-corrected chi connectivity index (χ2v) is 4.67. The van der Waals surface area contributed by atoms with Gasteiger partial charge in [0.25, 0.3) is 0 Å². The Morgan fingerprint density at radius 1 is 1.29 bits per heavy atom. The lowest BCUT2D eigenvalue weighted by atomic mass is 10.3. The predicted octanol–water partition coefficient (Wildman–Crippen LogP) is 4.08. The molecule has 1 rings (SSSR count). The van der Waals surface area contributed by atoms with Gasteiger partial charge in [0, 0.05) is 10.2 Å². The second-order valence-electron chi connectivity index (χ2n) is 2.54. The van der Waals surface area contributed by atoms with E-state index in [0.717, 1.165) is 20.4 Å². The van der Waals surface area contributed by atoms with Crippen LogP contribution in [-0.4, -0.2) is 12.4 Å². The summed E-state index contributed by atoms with van der Waals surface area (Å²) in [4.78, 5) is 0. The second kappa shape index (κ2) is 6.53. The van der Waals surface area contributed by atoms with Crippen LogP contribution in [0.15, 0.2) is 39.3 Å². The summed E-state index contributed by atoms with van der Waals surface area (Å²) in [6.45, 7) is 0.570. The molecule has 0 aliphatic heterocycles. The lowest BCUT2D eigenvalue weighted by Crippen LogP contribution is -1.94. The van der Waals surface area contributed by atoms with Crippen molar-refractivity contribution >= 4 is 44.5 Å². The van der Waals surface area contributed by atoms with Crippen LogP contribution in [0.2, 0.25) is 0 Å². The SMILES string of the molecule is SCC=CCOc1ccc(Br)cc1Br. The van der Waals surface area contributed by atoms with Gasteiger partial charge in [-0.1, -0.05) is 28.1 Å². The number of thiol groups is 1. The lowest BCUT2D eigenvalue weighted by molar-refractivity contribution is 0.360. The summed E-state index contributed by atoms with van der Waals surface area (Å²) in [5.74, 6) is 1.59. The highest BCUT2D eigenvalue weighted by atomic mass is 79.9. The van der Waals surface area contributed by atoms with Crippen LogP contribution in [0.1, 0.15) is 0 Å². The van der Waals surface area contributed by atoms with Crippen LogP contribution in [0.5, 0.6) is 5.75 Å². The fourth-order valence-electron chi connectivity index (χ4n) is 0.873. The van der Waals surface area contributed by atoms with Crippen LogP contribution in [-0.2, 0) is 0 Å². The first-order valence-corrected chi connectivity index (χ1v) is 6.29. The van der Waals surface area contributed by atoms with Gasteiger partial charge in [0.15, 0.2) is 0 Å². The van der Waals surface area contributed by atoms with E-state index in [9.17, 15) is 0 Å². The zero-order valence-corrected chi connectivity index (χ0v) is 11.5. The van der Waals surface area contributed by atoms with Gasteiger partial charge in [-0.2, -0.15) is 12.6 Å². The van der Waals surface area contributed by atoms with Crippen LogP contribution in [0, 0.1) is 0 Å². The van der Waals surface area contributed by atoms with Crippen molar-refractivity contribution in [3.8, 4) is 5.75 Å². The summed E-state index contributed by atoms with van der Waals surface area (Å²) in [5.41, 5.74) is 0. The van der Waals surface area contributed by atoms with Crippen molar-refractivity contribution < 1.29 is 4.74 Å². The molecule has 0 saturated carbocycles. The zero-order valence-electron chi connectivity index (χ0n) is 7.41. The third-order valence-electron chi connectivity index (χ3n) is 1.50. The van der Waals surface area contributed by atoms with E-state index in [-0.39, 0.29) is 0 Å². The molecule has 0 N–H and O–H groups in total. The summed E-state index contributed by atoms with van der Waals surface area (Å²) in [7, 11) is 0. The molecule has 0 aliphatic carbocycles. The number of rotatable bonds is 4. The predicted molar refractivity (Wildman–Crippen MR) is 70.3 cm³/mol. The van der Waals surface area contributed by atoms with E-state index in [2.05, 4.69) is 44.5 Å². The van der Waals surface area contributed by atoms with Crippen LogP contribution in [0.25, 0.3) is 0 Å². The van der Waals surface area contributed by atoms with Crippen molar-refractivity contribution in [2.24, 2.45) is 0 Å². The van der Waals surface area contributed by atoms with Gasteiger partial charge < -0.3 is 4.74 Å². The van der Waals surface area contributed by atoms with Crippen molar-refractivity contribution in [3.63, 3.8) is 0 Å². The Hall–Kier alpha value is 0.0700. The Kier molecular flexibility index (Phi) is 5.67. The van der Waals surface area contributed by atoms with Gasteiger partial charge in [-0.15, -0.1) is 0 Å². The fourth-order valence-corrected chi connectivity index (χ4v) is 2.18. The van der Waals surface area contributed by atoms with Gasteiger partial charge in [0.1, 0.15) is 12.4 Å². The summed E-state index contributed by atoms with van der Waals surface area (Å²) in [5, 5.41) is 0. The molecule has 14 heavy (non-hydrogen) atoms. The summed E-state index contributed by atoms with van der Waals surface area (Å²) in [6.07, 6.45) is 3.90. The lowest BCUT2D eigenvalue weighted by Gasteiger charge is -2.05. The maximum atomic E-state index is 5.51. The van der Waals surface area contributed by atoms with Crippen LogP contribution in [0.4, 0.5) is 0 Å². The number of halogens is 2. The normalized spacial score (nSPS) is 10.8. The molecule has 0 unspecified atom stereocenters. The first kappa shape index (κ1) is 12.1. The molecule has 0 atom stereocenters. The van der Waals surface area contributed by atoms with Crippen LogP contribution >= 0.6 is 44.5 Å². The standard InChI is InChI=1S/C10H10Br2OS/c11-8-3-4-10(9(12)7-8)13-5-1-2-6-14/h1-4,7,14H,5-6H2. The molecule has 0 spiro atoms. The third kappa shape index (κ3) is 4.07. The number of benzene rings is 1. The highest BCUT2D eigenvalue weighted by molar-refractivity contribution is 9.11. The van der Waals surface area contributed by atoms with E-state index in [1.165, 1.54) is 0 Å². The Balaban J connectivity index is 2.55. The maximum Gasteiger partial charge on any atom is 0.134 e. The Labute approximate surface area is 106 Å². The molecule has 0 radical (unpaired) electrons. The molecule has 0 heterocycles. The Morgan fingerprint density at radius 3 is 2.71 bits per heavy atom. The maximum absolute atomic E-state index is 5.51. The van der Waals surface area contributed by atoms with Crippen LogP contribution in [0.3, 0.4) is 0 Å². The quantitative estimate of drug-likeness (QED) is 0.643. The monoisotopic (exact) mass is 336 g/mol. The molecule has 0 fully saturated rings. The van der Waals surface area contributed by atoms with Crippen molar-refractivity contribution in [3.05, 3.63) is 39.3 Å². The first-order valence-electron chi connectivity index (χ1n) is 4.07. The molecule has 76 valence electrons. The topological polar surface area (TPSA) is 9.23 Å². The van der Waals surface area contributed by atoms with E-state index in [1.807, 2.05) is 30.4 Å². The Morgan fingerprint density at radius 2 is 2.07 bits per heavy atom. The first-order chi connectivity index (χ1) is 6.74. The van der Waals surface area contributed by atoms with E-state index in [4.69, 9.17) is 4.74 Å². The average Bonchev–Trinajstić information content (AvgIpc) is 2.15. The average molecular weight is 338 g/mol. The van der Waals surface area contributed by atoms with Crippen molar-refractivity contribution in [1.82, 2.24) is 0 Å². The largest absolute Gasteiger partial charge is 0.488 e. The molecule has 4 heteroatoms. The molecule has 0 saturated heterocycles. The minimum Gasteiger partial charge on any atom is -0.488 e. The summed E-state index contributed by atoms with van der Waals surface area (Å²) in [6, 6.07) is 5.82. The smallest absolute Gasteiger partial charge is 0.134 e. The van der Waals surface area contributed by atoms with Gasteiger partial charge in [-0.05, 0) is 34.1 Å². The highest BCUT2D eigenvalue weighted by Crippen LogP contribution is 2.28. The molecule has 0 bridgehead atoms. The fraction of sp³-hybridized carbons (Fsp3) is 0.200. The summed E-state index contributed by atoms with van der Waals surface area (Å²) < 4.78 is 7.49. The Bertz CT molecular complexity index is 326. The van der Waals surface area contributed by atoms with E-state index in [0.29, 0.717) is 6.61 Å². The van der Waals surface area contributed by atoms with Gasteiger partial charge >= 0.3 is 0 Å². The van der Waals surface area contributed by atoms with Gasteiger partial charge in [0.05, 0.1) is 4.47 Å². The molecular formula is C10H10Br2OS. The third-order valence-corrected chi connectivity index (χ3v) is 2.82. The summed E-state index contributed by atoms with van der Waals surface area (Å²) >= 11 is 10.9. The van der Waals surface area contributed by atoms with E-state index in [1.54, 1.807) is 0 Å². The molecule has 1 nitrogen and oxygen atoms in total. The van der Waals surface area contributed by atoms with Crippen molar-refractivity contribution in [1.29, 1.82) is 0 Å². The zero-order chi connectivity index (χ0) is 10.4. The highest BCUT2D eigenvalue weighted by Gasteiger charge is 1.99. The molecule has 0 aromatic heterocycles. The molecule has 1 aromatic rings. The molecule has 0 amide bonds. The van der Waals surface area contributed by atoms with E-state index < -0.39 is 0 Å². The molecule has 1 aromatic carbocycles. The van der Waals surface area contributed by atoms with Gasteiger partial charge in [-0.25, -0.2) is 0 Å². The van der Waals surface area contributed by atoms with Crippen molar-refractivity contribution in [2.45, 2.75) is 0 Å². The van der Waals surface area contributed by atoms with Crippen molar-refractivity contribution in [2.75, 3.05) is 12.4 Å². The molecule has 0 aliphatic rings. The molecular weight excluding hydrogens is 328 g/mol. The van der Waals surface area contributed by atoms with Gasteiger partial charge in [-0.3, -0.25) is 0 Å². The van der Waals surface area contributed by atoms with E-state index >= 15 is 0 Å². The van der Waals surface area contributed by atoms with Crippen LogP contribution < -0.4 is 4.74 Å². The number of hydrogen-bond acceptors (Lipinski definition) is 2. The van der Waals surface area contributed by atoms with Gasteiger partial charge in [0.2, 0.25) is 0 Å². The minimum absolute atomic E-state index is 0.570.